The van der Waals surface area contributed by atoms with Gasteiger partial charge in [0.15, 0.2) is 37.0 Å². The van der Waals surface area contributed by atoms with Crippen LogP contribution in [-0.4, -0.2) is 87.3 Å². The molecule has 0 aromatic carbocycles. The molecular formula is C30H48O16S2. The van der Waals surface area contributed by atoms with Crippen LogP contribution in [0.3, 0.4) is 0 Å². The van der Waals surface area contributed by atoms with Crippen molar-refractivity contribution in [1.82, 2.24) is 0 Å². The van der Waals surface area contributed by atoms with E-state index in [1.807, 2.05) is 13.8 Å². The minimum atomic E-state index is -1.37. The molecule has 4 aliphatic carbocycles. The van der Waals surface area contributed by atoms with Gasteiger partial charge in [-0.05, 0) is 80.0 Å². The number of carbonyl (C=O) groups is 2. The first-order valence-corrected chi connectivity index (χ1v) is 17.9. The molecule has 5 N–H and O–H groups in total. The maximum atomic E-state index is 13.1. The molecule has 14 atom stereocenters. The van der Waals surface area contributed by atoms with E-state index < -0.39 is 72.8 Å². The van der Waals surface area contributed by atoms with Crippen LogP contribution in [0.2, 0.25) is 0 Å². The summed E-state index contributed by atoms with van der Waals surface area (Å²) in [4.78, 5) is 25.9. The fraction of sp³-hybridized carbons (Fsp3) is 0.933. The van der Waals surface area contributed by atoms with Crippen molar-refractivity contribution in [2.75, 3.05) is 6.61 Å². The van der Waals surface area contributed by atoms with E-state index in [-0.39, 0.29) is 66.6 Å². The van der Waals surface area contributed by atoms with Gasteiger partial charge in [0.05, 0.1) is 24.7 Å². The molecule has 18 heteroatoms. The van der Waals surface area contributed by atoms with Crippen molar-refractivity contribution < 1.29 is 76.7 Å². The van der Waals surface area contributed by atoms with Crippen LogP contribution in [0.15, 0.2) is 0 Å². The predicted octanol–water partition coefficient (Wildman–Crippen LogP) is 4.11. The van der Waals surface area contributed by atoms with Gasteiger partial charge in [0.2, 0.25) is 0 Å². The van der Waals surface area contributed by atoms with Crippen LogP contribution < -0.4 is 0 Å². The summed E-state index contributed by atoms with van der Waals surface area (Å²) in [6, 6.07) is 0. The van der Waals surface area contributed by atoms with Crippen LogP contribution in [0.5, 0.6) is 0 Å². The van der Waals surface area contributed by atoms with Gasteiger partial charge in [-0.1, -0.05) is 37.8 Å². The maximum Gasteiger partial charge on any atom is 0.306 e. The van der Waals surface area contributed by atoms with E-state index in [2.05, 4.69) is 32.6 Å². The second kappa shape index (κ2) is 16.2. The van der Waals surface area contributed by atoms with Crippen LogP contribution in [0.4, 0.5) is 0 Å². The van der Waals surface area contributed by atoms with E-state index in [0.29, 0.717) is 18.8 Å². The lowest BCUT2D eigenvalue weighted by molar-refractivity contribution is -0.436. The van der Waals surface area contributed by atoms with Crippen molar-refractivity contribution in [3.8, 4) is 0 Å². The molecule has 1 spiro atoms. The first kappa shape index (κ1) is 38.4. The Kier molecular flexibility index (Phi) is 13.0. The first-order valence-electron chi connectivity index (χ1n) is 16.5. The maximum absolute atomic E-state index is 13.1. The normalized spacial score (nSPS) is 43.9. The van der Waals surface area contributed by atoms with Crippen LogP contribution in [0, 0.1) is 46.3 Å². The first-order chi connectivity index (χ1) is 22.9. The molecule has 4 saturated carbocycles. The van der Waals surface area contributed by atoms with Crippen molar-refractivity contribution in [1.29, 1.82) is 0 Å². The summed E-state index contributed by atoms with van der Waals surface area (Å²) in [5, 5.41) is 56.9. The van der Waals surface area contributed by atoms with Gasteiger partial charge in [-0.2, -0.15) is 0 Å². The molecule has 5 aliphatic rings. The van der Waals surface area contributed by atoms with Gasteiger partial charge in [0, 0.05) is 11.8 Å². The summed E-state index contributed by atoms with van der Waals surface area (Å²) in [6.45, 7) is 7.29. The van der Waals surface area contributed by atoms with Gasteiger partial charge in [-0.3, -0.25) is 18.0 Å². The quantitative estimate of drug-likeness (QED) is 0.0400. The molecule has 0 aromatic heterocycles. The second-order valence-corrected chi connectivity index (χ2v) is 15.7. The van der Waals surface area contributed by atoms with Gasteiger partial charge in [0.1, 0.15) is 18.3 Å². The molecule has 0 aromatic rings. The highest BCUT2D eigenvalue weighted by atomic mass is 32.2. The molecule has 5 rings (SSSR count). The van der Waals surface area contributed by atoms with Crippen molar-refractivity contribution >= 4 is 36.6 Å². The number of ether oxygens (including phenoxy) is 3. The molecule has 1 heterocycles. The number of hydrogen-bond acceptors (Lipinski definition) is 17. The molecule has 0 radical (unpaired) electrons. The summed E-state index contributed by atoms with van der Waals surface area (Å²) < 4.78 is 38.5. The Morgan fingerprint density at radius 2 is 1.69 bits per heavy atom. The molecule has 5 fully saturated rings. The highest BCUT2D eigenvalue weighted by Crippen LogP contribution is 2.71. The SMILES string of the molecule is CC(C)CC(=O)OC1C(OC2CC(C(=O)O)C3CCC45CC(CCC4C3(C)C2)C(C)[C@@H]5O)O[C@H](CO)[C@@H](OSOOO)C1OSOOO. The third-order valence-corrected chi connectivity index (χ3v) is 12.7. The third-order valence-electron chi connectivity index (χ3n) is 11.9. The number of carboxylic acids is 1. The summed E-state index contributed by atoms with van der Waals surface area (Å²) in [5.41, 5.74) is -0.749. The summed E-state index contributed by atoms with van der Waals surface area (Å²) in [6.07, 6.45) is -2.64. The standard InChI is InChI=1S/C30H48O16S2/c1-14(2)9-22(32)40-25-24(42-48-46-44-37)23(41-47-45-43-36)20(13-31)39-28(25)38-17-10-18(27(34)35)19-7-8-30-11-16(15(3)26(30)33)5-6-21(30)29(19,4)12-17/h14-21,23-26,28,31,33,36-37H,5-13H2,1-4H3,(H,34,35)/t15?,16?,17?,18?,19?,20-,21?,23-,24?,25?,26+,28?,29?,30?/m1/s1. The molecule has 48 heavy (non-hydrogen) atoms. The zero-order valence-corrected chi connectivity index (χ0v) is 29.0. The average Bonchev–Trinajstić information content (AvgIpc) is 3.21. The lowest BCUT2D eigenvalue weighted by Crippen LogP contribution is -2.63. The fourth-order valence-electron chi connectivity index (χ4n) is 10.1. The zero-order chi connectivity index (χ0) is 34.8. The summed E-state index contributed by atoms with van der Waals surface area (Å²) in [7, 11) is 0. The van der Waals surface area contributed by atoms with E-state index in [1.54, 1.807) is 0 Å². The molecule has 1 saturated heterocycles. The highest BCUT2D eigenvalue weighted by Gasteiger charge is 2.67. The number of rotatable bonds is 15. The largest absolute Gasteiger partial charge is 0.481 e. The predicted molar refractivity (Wildman–Crippen MR) is 164 cm³/mol. The molecule has 0 amide bonds. The Hall–Kier alpha value is -0.840. The van der Waals surface area contributed by atoms with Gasteiger partial charge >= 0.3 is 11.9 Å². The van der Waals surface area contributed by atoms with Crippen LogP contribution in [0.1, 0.15) is 79.1 Å². The van der Waals surface area contributed by atoms with Crippen LogP contribution in [0.25, 0.3) is 0 Å². The second-order valence-electron chi connectivity index (χ2n) is 14.7. The number of aliphatic hydroxyl groups is 2. The van der Waals surface area contributed by atoms with Crippen LogP contribution >= 0.6 is 24.6 Å². The fourth-order valence-corrected chi connectivity index (χ4v) is 10.8. The van der Waals surface area contributed by atoms with Crippen LogP contribution in [-0.2, 0) is 50.9 Å². The Morgan fingerprint density at radius 1 is 1.00 bits per heavy atom. The Morgan fingerprint density at radius 3 is 2.31 bits per heavy atom. The van der Waals surface area contributed by atoms with Gasteiger partial charge in [-0.15, -0.1) is 8.67 Å². The van der Waals surface area contributed by atoms with Crippen molar-refractivity contribution in [3.63, 3.8) is 0 Å². The number of aliphatic carboxylic acids is 1. The van der Waals surface area contributed by atoms with Crippen molar-refractivity contribution in [2.24, 2.45) is 46.3 Å². The smallest absolute Gasteiger partial charge is 0.306 e. The van der Waals surface area contributed by atoms with E-state index in [4.69, 9.17) is 33.1 Å². The van der Waals surface area contributed by atoms with Gasteiger partial charge < -0.3 is 29.5 Å². The summed E-state index contributed by atoms with van der Waals surface area (Å²) >= 11 is 0.357. The monoisotopic (exact) mass is 728 g/mol. The Balaban J connectivity index is 1.45. The van der Waals surface area contributed by atoms with Gasteiger partial charge in [-0.25, -0.2) is 10.5 Å². The van der Waals surface area contributed by atoms with E-state index in [0.717, 1.165) is 25.7 Å². The summed E-state index contributed by atoms with van der Waals surface area (Å²) in [5.74, 6) is -1.72. The minimum absolute atomic E-state index is 0.0280. The zero-order valence-electron chi connectivity index (χ0n) is 27.4. The number of fused-ring (bicyclic) bond motifs is 3. The van der Waals surface area contributed by atoms with Crippen molar-refractivity contribution in [3.05, 3.63) is 0 Å². The number of aliphatic hydroxyl groups excluding tert-OH is 2. The number of hydrogen-bond donors (Lipinski definition) is 5. The topological polar surface area (TPSA) is 218 Å². The molecule has 276 valence electrons. The Labute approximate surface area is 287 Å². The van der Waals surface area contributed by atoms with E-state index in [1.165, 1.54) is 0 Å². The average molecular weight is 729 g/mol. The molecule has 1 aliphatic heterocycles. The third kappa shape index (κ3) is 7.53. The highest BCUT2D eigenvalue weighted by molar-refractivity contribution is 7.90. The number of carboxylic acid groups (broad SMARTS) is 1. The lowest BCUT2D eigenvalue weighted by Gasteiger charge is -2.62. The van der Waals surface area contributed by atoms with Crippen molar-refractivity contribution in [2.45, 2.75) is 122 Å². The molecular weight excluding hydrogens is 680 g/mol. The minimum Gasteiger partial charge on any atom is -0.481 e. The van der Waals surface area contributed by atoms with Gasteiger partial charge in [0.25, 0.3) is 0 Å². The Bertz CT molecular complexity index is 1100. The van der Waals surface area contributed by atoms with E-state index in [9.17, 15) is 24.9 Å². The molecule has 11 unspecified atom stereocenters. The lowest BCUT2D eigenvalue weighted by atomic mass is 9.43. The number of esters is 1. The molecule has 2 bridgehead atoms. The molecule has 16 nitrogen and oxygen atoms in total. The van der Waals surface area contributed by atoms with E-state index >= 15 is 0 Å². The number of carbonyl (C=O) groups excluding carboxylic acids is 1.